The highest BCUT2D eigenvalue weighted by molar-refractivity contribution is 5.76. The molecule has 4 rings (SSSR count). The van der Waals surface area contributed by atoms with Crippen LogP contribution in [0.15, 0.2) is 4.42 Å². The lowest BCUT2D eigenvalue weighted by Crippen LogP contribution is -2.40. The molecule has 3 aliphatic rings. The largest absolute Gasteiger partial charge is 0.444 e. The van der Waals surface area contributed by atoms with E-state index in [0.717, 1.165) is 30.7 Å². The Bertz CT molecular complexity index is 767. The lowest BCUT2D eigenvalue weighted by atomic mass is 9.86. The monoisotopic (exact) mass is 407 g/mol. The second-order valence-corrected chi connectivity index (χ2v) is 9.20. The molecule has 0 aromatic carbocycles. The Morgan fingerprint density at radius 2 is 1.83 bits per heavy atom. The Balaban J connectivity index is 1.32. The van der Waals surface area contributed by atoms with Gasteiger partial charge in [-0.2, -0.15) is 0 Å². The third-order valence-electron chi connectivity index (χ3n) is 5.88. The fourth-order valence-electron chi connectivity index (χ4n) is 4.41. The van der Waals surface area contributed by atoms with Crippen molar-refractivity contribution >= 4 is 12.1 Å². The molecule has 0 spiro atoms. The summed E-state index contributed by atoms with van der Waals surface area (Å²) >= 11 is 0. The van der Waals surface area contributed by atoms with E-state index in [0.29, 0.717) is 31.2 Å². The van der Waals surface area contributed by atoms with Crippen LogP contribution in [0.1, 0.15) is 83.0 Å². The molecule has 1 aromatic rings. The molecule has 2 N–H and O–H groups in total. The van der Waals surface area contributed by atoms with Crippen LogP contribution in [-0.2, 0) is 4.74 Å². The van der Waals surface area contributed by atoms with Crippen LogP contribution in [0.25, 0.3) is 0 Å². The smallest absolute Gasteiger partial charge is 0.407 e. The lowest BCUT2D eigenvalue weighted by molar-refractivity contribution is -0.0584. The van der Waals surface area contributed by atoms with E-state index >= 15 is 0 Å². The number of rotatable bonds is 3. The number of nitrogens with zero attached hydrogens (tertiary/aromatic N) is 4. The molecule has 10 heteroatoms. The number of carbonyl (C=O) groups excluding carboxylic acids is 2. The van der Waals surface area contributed by atoms with E-state index in [1.165, 1.54) is 0 Å². The molecule has 2 saturated heterocycles. The molecule has 0 radical (unpaired) electrons. The number of urea groups is 1. The minimum Gasteiger partial charge on any atom is -0.444 e. The Labute approximate surface area is 169 Å². The van der Waals surface area contributed by atoms with Crippen LogP contribution in [0.3, 0.4) is 0 Å². The summed E-state index contributed by atoms with van der Waals surface area (Å²) in [5.74, 6) is 1.18. The second-order valence-electron chi connectivity index (χ2n) is 9.20. The third kappa shape index (κ3) is 4.17. The van der Waals surface area contributed by atoms with Gasteiger partial charge in [0, 0.05) is 18.5 Å². The Kier molecular flexibility index (Phi) is 5.14. The summed E-state index contributed by atoms with van der Waals surface area (Å²) in [7, 11) is 0. The Morgan fingerprint density at radius 3 is 2.52 bits per heavy atom. The van der Waals surface area contributed by atoms with Gasteiger partial charge in [-0.3, -0.25) is 5.21 Å². The first-order valence-corrected chi connectivity index (χ1v) is 10.3. The van der Waals surface area contributed by atoms with E-state index in [1.807, 2.05) is 20.8 Å². The second kappa shape index (κ2) is 7.47. The minimum atomic E-state index is -0.510. The summed E-state index contributed by atoms with van der Waals surface area (Å²) in [5.41, 5.74) is -0.510. The standard InChI is InChI=1S/C19H29N5O5/c1-19(2,3)29-17(25)20-12-6-4-11(5-7-12)15-21-22-16(28-15)14-9-8-13-10-23(14)18(26)24(13)27/h11-14,27H,4-10H2,1-3H3,(H,20,25)/t11-,12-,13-,14-/m0/s1. The molecule has 1 aliphatic carbocycles. The summed E-state index contributed by atoms with van der Waals surface area (Å²) in [6.07, 6.45) is 4.33. The number of alkyl carbamates (subject to hydrolysis) is 1. The number of hydroxylamine groups is 2. The van der Waals surface area contributed by atoms with Crippen LogP contribution in [-0.4, -0.2) is 61.7 Å². The maximum absolute atomic E-state index is 12.2. The van der Waals surface area contributed by atoms with E-state index in [1.54, 1.807) is 4.90 Å². The average molecular weight is 407 g/mol. The van der Waals surface area contributed by atoms with Crippen molar-refractivity contribution in [1.29, 1.82) is 0 Å². The molecule has 0 unspecified atom stereocenters. The molecule has 2 aliphatic heterocycles. The van der Waals surface area contributed by atoms with Crippen LogP contribution >= 0.6 is 0 Å². The molecule has 2 atom stereocenters. The Morgan fingerprint density at radius 1 is 1.14 bits per heavy atom. The topological polar surface area (TPSA) is 121 Å². The normalized spacial score (nSPS) is 29.9. The molecule has 1 aromatic heterocycles. The van der Waals surface area contributed by atoms with Crippen LogP contribution in [0, 0.1) is 0 Å². The first-order valence-electron chi connectivity index (χ1n) is 10.3. The number of hydrogen-bond acceptors (Lipinski definition) is 7. The zero-order valence-electron chi connectivity index (χ0n) is 17.1. The number of piperidine rings is 1. The fourth-order valence-corrected chi connectivity index (χ4v) is 4.41. The van der Waals surface area contributed by atoms with Crippen molar-refractivity contribution in [2.24, 2.45) is 0 Å². The fraction of sp³-hybridized carbons (Fsp3) is 0.789. The van der Waals surface area contributed by atoms with Gasteiger partial charge in [-0.15, -0.1) is 10.2 Å². The summed E-state index contributed by atoms with van der Waals surface area (Å²) in [6.45, 7) is 6.02. The first kappa shape index (κ1) is 19.9. The lowest BCUT2D eigenvalue weighted by Gasteiger charge is -2.29. The predicted octanol–water partition coefficient (Wildman–Crippen LogP) is 2.95. The molecule has 29 heavy (non-hydrogen) atoms. The number of fused-ring (bicyclic) bond motifs is 2. The average Bonchev–Trinajstić information content (AvgIpc) is 3.22. The summed E-state index contributed by atoms with van der Waals surface area (Å²) in [6, 6.07) is -0.737. The van der Waals surface area contributed by atoms with Crippen molar-refractivity contribution in [2.45, 2.75) is 88.9 Å². The zero-order valence-corrected chi connectivity index (χ0v) is 17.1. The van der Waals surface area contributed by atoms with Gasteiger partial charge >= 0.3 is 12.1 Å². The number of amides is 3. The van der Waals surface area contributed by atoms with Gasteiger partial charge in [0.15, 0.2) is 0 Å². The molecule has 2 bridgehead atoms. The van der Waals surface area contributed by atoms with Gasteiger partial charge in [-0.05, 0) is 59.3 Å². The van der Waals surface area contributed by atoms with Crippen molar-refractivity contribution in [3.63, 3.8) is 0 Å². The maximum Gasteiger partial charge on any atom is 0.407 e. The van der Waals surface area contributed by atoms with E-state index in [-0.39, 0.29) is 30.1 Å². The molecule has 160 valence electrons. The van der Waals surface area contributed by atoms with Crippen molar-refractivity contribution in [2.75, 3.05) is 6.54 Å². The van der Waals surface area contributed by atoms with Crippen LogP contribution in [0.5, 0.6) is 0 Å². The summed E-state index contributed by atoms with van der Waals surface area (Å²) < 4.78 is 11.3. The predicted molar refractivity (Wildman–Crippen MR) is 100 cm³/mol. The molecular weight excluding hydrogens is 378 g/mol. The van der Waals surface area contributed by atoms with Gasteiger partial charge < -0.3 is 19.4 Å². The highest BCUT2D eigenvalue weighted by Crippen LogP contribution is 2.39. The first-order chi connectivity index (χ1) is 13.7. The minimum absolute atomic E-state index is 0.0801. The molecule has 3 heterocycles. The maximum atomic E-state index is 12.2. The van der Waals surface area contributed by atoms with Crippen molar-refractivity contribution in [1.82, 2.24) is 25.5 Å². The van der Waals surface area contributed by atoms with Gasteiger partial charge in [-0.1, -0.05) is 0 Å². The van der Waals surface area contributed by atoms with Crippen LogP contribution < -0.4 is 5.32 Å². The van der Waals surface area contributed by atoms with Crippen molar-refractivity contribution in [3.8, 4) is 0 Å². The highest BCUT2D eigenvalue weighted by Gasteiger charge is 2.46. The molecule has 3 amide bonds. The number of ether oxygens (including phenoxy) is 1. The van der Waals surface area contributed by atoms with Gasteiger partial charge in [0.1, 0.15) is 11.6 Å². The van der Waals surface area contributed by atoms with Crippen LogP contribution in [0.4, 0.5) is 9.59 Å². The summed E-state index contributed by atoms with van der Waals surface area (Å²) in [4.78, 5) is 25.7. The third-order valence-corrected chi connectivity index (χ3v) is 5.88. The molecular formula is C19H29N5O5. The molecule has 1 saturated carbocycles. The number of nitrogens with one attached hydrogen (secondary N) is 1. The van der Waals surface area contributed by atoms with Crippen molar-refractivity contribution < 1.29 is 24.0 Å². The Hall–Kier alpha value is -2.36. The number of hydrogen-bond donors (Lipinski definition) is 2. The van der Waals surface area contributed by atoms with Crippen LogP contribution in [0.2, 0.25) is 0 Å². The SMILES string of the molecule is CC(C)(C)OC(=O)N[C@H]1CC[C@H](c2nnc([C@@H]3CC[C@H]4CN3C(=O)N4O)o2)CC1. The molecule has 3 fully saturated rings. The summed E-state index contributed by atoms with van der Waals surface area (Å²) in [5, 5.41) is 22.0. The molecule has 10 nitrogen and oxygen atoms in total. The van der Waals surface area contributed by atoms with E-state index in [9.17, 15) is 14.8 Å². The van der Waals surface area contributed by atoms with Gasteiger partial charge in [0.2, 0.25) is 11.8 Å². The van der Waals surface area contributed by atoms with Gasteiger partial charge in [-0.25, -0.2) is 14.7 Å². The number of carbonyl (C=O) groups is 2. The zero-order chi connectivity index (χ0) is 20.8. The van der Waals surface area contributed by atoms with Gasteiger partial charge in [0.25, 0.3) is 0 Å². The van der Waals surface area contributed by atoms with Crippen molar-refractivity contribution in [3.05, 3.63) is 11.8 Å². The number of aromatic nitrogens is 2. The van der Waals surface area contributed by atoms with E-state index in [2.05, 4.69) is 15.5 Å². The van der Waals surface area contributed by atoms with E-state index < -0.39 is 11.6 Å². The highest BCUT2D eigenvalue weighted by atomic mass is 16.6. The quantitative estimate of drug-likeness (QED) is 0.739. The van der Waals surface area contributed by atoms with Gasteiger partial charge in [0.05, 0.1) is 6.04 Å². The van der Waals surface area contributed by atoms with E-state index in [4.69, 9.17) is 9.15 Å².